The molecule has 0 aromatic carbocycles. The number of carbonyl (C=O) groups excluding carboxylic acids is 1. The minimum atomic E-state index is -3.10. The average molecular weight is 311 g/mol. The van der Waals surface area contributed by atoms with E-state index in [1.54, 1.807) is 17.3 Å². The van der Waals surface area contributed by atoms with E-state index in [9.17, 15) is 13.2 Å². The molecular weight excluding hydrogens is 290 g/mol. The highest BCUT2D eigenvalue weighted by Crippen LogP contribution is 2.31. The minimum absolute atomic E-state index is 0.00418. The number of hydrogen-bond acceptors (Lipinski definition) is 5. The van der Waals surface area contributed by atoms with E-state index < -0.39 is 15.9 Å². The van der Waals surface area contributed by atoms with E-state index in [0.717, 1.165) is 24.7 Å². The van der Waals surface area contributed by atoms with E-state index in [2.05, 4.69) is 4.98 Å². The molecule has 1 aliphatic rings. The van der Waals surface area contributed by atoms with Gasteiger partial charge in [-0.3, -0.25) is 9.78 Å². The SMILES string of the molecule is CS(=O)(=O)CCC(N)C(=O)N1CCCC1c1cccnc1. The van der Waals surface area contributed by atoms with Crippen molar-refractivity contribution in [1.82, 2.24) is 9.88 Å². The van der Waals surface area contributed by atoms with Crippen molar-refractivity contribution >= 4 is 15.7 Å². The largest absolute Gasteiger partial charge is 0.334 e. The van der Waals surface area contributed by atoms with Crippen molar-refractivity contribution in [3.05, 3.63) is 30.1 Å². The van der Waals surface area contributed by atoms with Crippen molar-refractivity contribution in [2.75, 3.05) is 18.6 Å². The molecular formula is C14H21N3O3S. The molecule has 0 bridgehead atoms. The molecule has 2 heterocycles. The molecule has 2 atom stereocenters. The number of hydrogen-bond donors (Lipinski definition) is 1. The fourth-order valence-corrected chi connectivity index (χ4v) is 3.31. The number of likely N-dealkylation sites (tertiary alicyclic amines) is 1. The number of nitrogens with two attached hydrogens (primary N) is 1. The summed E-state index contributed by atoms with van der Waals surface area (Å²) < 4.78 is 22.4. The zero-order valence-corrected chi connectivity index (χ0v) is 12.9. The van der Waals surface area contributed by atoms with Crippen molar-refractivity contribution in [1.29, 1.82) is 0 Å². The Balaban J connectivity index is 2.04. The van der Waals surface area contributed by atoms with Gasteiger partial charge in [-0.1, -0.05) is 6.07 Å². The molecule has 0 saturated carbocycles. The summed E-state index contributed by atoms with van der Waals surface area (Å²) in [4.78, 5) is 18.3. The summed E-state index contributed by atoms with van der Waals surface area (Å²) in [6.07, 6.45) is 6.58. The van der Waals surface area contributed by atoms with Crippen molar-refractivity contribution in [3.63, 3.8) is 0 Å². The molecule has 0 radical (unpaired) electrons. The quantitative estimate of drug-likeness (QED) is 0.855. The van der Waals surface area contributed by atoms with Crippen LogP contribution in [0.15, 0.2) is 24.5 Å². The van der Waals surface area contributed by atoms with Crippen LogP contribution < -0.4 is 5.73 Å². The first-order valence-electron chi connectivity index (χ1n) is 7.02. The molecule has 2 N–H and O–H groups in total. The number of rotatable bonds is 5. The number of carbonyl (C=O) groups is 1. The first-order valence-corrected chi connectivity index (χ1v) is 9.08. The third-order valence-electron chi connectivity index (χ3n) is 3.72. The van der Waals surface area contributed by atoms with Crippen molar-refractivity contribution in [3.8, 4) is 0 Å². The van der Waals surface area contributed by atoms with Gasteiger partial charge < -0.3 is 10.6 Å². The second-order valence-electron chi connectivity index (χ2n) is 5.50. The Labute approximate surface area is 125 Å². The topological polar surface area (TPSA) is 93.4 Å². The number of pyridine rings is 1. The second-order valence-corrected chi connectivity index (χ2v) is 7.76. The van der Waals surface area contributed by atoms with Gasteiger partial charge in [-0.25, -0.2) is 8.42 Å². The predicted molar refractivity (Wildman–Crippen MR) is 80.2 cm³/mol. The summed E-state index contributed by atoms with van der Waals surface area (Å²) >= 11 is 0. The third kappa shape index (κ3) is 4.25. The van der Waals surface area contributed by atoms with Gasteiger partial charge in [0.15, 0.2) is 0 Å². The number of nitrogens with zero attached hydrogens (tertiary/aromatic N) is 2. The molecule has 2 unspecified atom stereocenters. The van der Waals surface area contributed by atoms with Crippen LogP contribution in [0.5, 0.6) is 0 Å². The summed E-state index contributed by atoms with van der Waals surface area (Å²) in [5.41, 5.74) is 6.87. The van der Waals surface area contributed by atoms with Gasteiger partial charge in [0.1, 0.15) is 9.84 Å². The van der Waals surface area contributed by atoms with E-state index in [4.69, 9.17) is 5.73 Å². The summed E-state index contributed by atoms with van der Waals surface area (Å²) in [6, 6.07) is 3.03. The molecule has 1 aliphatic heterocycles. The van der Waals surface area contributed by atoms with Crippen LogP contribution in [0.1, 0.15) is 30.9 Å². The van der Waals surface area contributed by atoms with Crippen LogP contribution in [0, 0.1) is 0 Å². The predicted octanol–water partition coefficient (Wildman–Crippen LogP) is 0.507. The summed E-state index contributed by atoms with van der Waals surface area (Å²) in [5.74, 6) is -0.240. The molecule has 2 rings (SSSR count). The number of sulfone groups is 1. The first-order chi connectivity index (χ1) is 9.88. The van der Waals surface area contributed by atoms with Crippen molar-refractivity contribution in [2.24, 2.45) is 5.73 Å². The van der Waals surface area contributed by atoms with Crippen LogP contribution in [0.2, 0.25) is 0 Å². The van der Waals surface area contributed by atoms with Gasteiger partial charge >= 0.3 is 0 Å². The molecule has 1 saturated heterocycles. The second kappa shape index (κ2) is 6.53. The zero-order chi connectivity index (χ0) is 15.5. The highest BCUT2D eigenvalue weighted by atomic mass is 32.2. The molecule has 1 aromatic rings. The highest BCUT2D eigenvalue weighted by molar-refractivity contribution is 7.90. The standard InChI is InChI=1S/C14H21N3O3S/c1-21(19,20)9-6-12(15)14(18)17-8-3-5-13(17)11-4-2-7-16-10-11/h2,4,7,10,12-13H,3,5-6,8-9,15H2,1H3. The Morgan fingerprint density at radius 3 is 2.95 bits per heavy atom. The van der Waals surface area contributed by atoms with Crippen LogP contribution in [-0.2, 0) is 14.6 Å². The van der Waals surface area contributed by atoms with Crippen molar-refractivity contribution in [2.45, 2.75) is 31.3 Å². The van der Waals surface area contributed by atoms with Gasteiger partial charge in [0.25, 0.3) is 0 Å². The zero-order valence-electron chi connectivity index (χ0n) is 12.1. The van der Waals surface area contributed by atoms with Crippen molar-refractivity contribution < 1.29 is 13.2 Å². The van der Waals surface area contributed by atoms with E-state index in [0.29, 0.717) is 6.54 Å². The molecule has 0 aliphatic carbocycles. The van der Waals surface area contributed by atoms with Crippen LogP contribution in [0.4, 0.5) is 0 Å². The maximum Gasteiger partial charge on any atom is 0.240 e. The van der Waals surface area contributed by atoms with E-state index in [1.165, 1.54) is 0 Å². The van der Waals surface area contributed by atoms with Crippen LogP contribution in [0.3, 0.4) is 0 Å². The molecule has 1 fully saturated rings. The summed E-state index contributed by atoms with van der Waals surface area (Å²) in [7, 11) is -3.10. The fourth-order valence-electron chi connectivity index (χ4n) is 2.63. The van der Waals surface area contributed by atoms with E-state index in [-0.39, 0.29) is 24.1 Å². The maximum absolute atomic E-state index is 12.4. The Morgan fingerprint density at radius 2 is 2.33 bits per heavy atom. The molecule has 116 valence electrons. The maximum atomic E-state index is 12.4. The molecule has 6 nitrogen and oxygen atoms in total. The fraction of sp³-hybridized carbons (Fsp3) is 0.571. The van der Waals surface area contributed by atoms with Gasteiger partial charge in [-0.2, -0.15) is 0 Å². The lowest BCUT2D eigenvalue weighted by atomic mass is 10.1. The molecule has 21 heavy (non-hydrogen) atoms. The van der Waals surface area contributed by atoms with Gasteiger partial charge in [-0.05, 0) is 30.9 Å². The van der Waals surface area contributed by atoms with Gasteiger partial charge in [0.2, 0.25) is 5.91 Å². The lowest BCUT2D eigenvalue weighted by molar-refractivity contribution is -0.133. The minimum Gasteiger partial charge on any atom is -0.334 e. The van der Waals surface area contributed by atoms with Crippen LogP contribution >= 0.6 is 0 Å². The van der Waals surface area contributed by atoms with E-state index >= 15 is 0 Å². The molecule has 7 heteroatoms. The lowest BCUT2D eigenvalue weighted by Gasteiger charge is -2.27. The smallest absolute Gasteiger partial charge is 0.240 e. The molecule has 1 amide bonds. The Bertz CT molecular complexity index is 589. The summed E-state index contributed by atoms with van der Waals surface area (Å²) in [5, 5.41) is 0. The summed E-state index contributed by atoms with van der Waals surface area (Å²) in [6.45, 7) is 0.658. The van der Waals surface area contributed by atoms with Crippen LogP contribution in [0.25, 0.3) is 0 Å². The molecule has 1 aromatic heterocycles. The average Bonchev–Trinajstić information content (AvgIpc) is 2.93. The monoisotopic (exact) mass is 311 g/mol. The lowest BCUT2D eigenvalue weighted by Crippen LogP contribution is -2.44. The highest BCUT2D eigenvalue weighted by Gasteiger charge is 2.32. The number of amides is 1. The first kappa shape index (κ1) is 15.9. The Hall–Kier alpha value is -1.47. The van der Waals surface area contributed by atoms with Gasteiger partial charge in [0, 0.05) is 25.2 Å². The Morgan fingerprint density at radius 1 is 1.57 bits per heavy atom. The normalized spacial score (nSPS) is 20.5. The third-order valence-corrected chi connectivity index (χ3v) is 4.70. The van der Waals surface area contributed by atoms with Crippen LogP contribution in [-0.4, -0.2) is 48.8 Å². The Kier molecular flexibility index (Phi) is 4.95. The number of aromatic nitrogens is 1. The van der Waals surface area contributed by atoms with Gasteiger partial charge in [-0.15, -0.1) is 0 Å². The molecule has 0 spiro atoms. The van der Waals surface area contributed by atoms with Gasteiger partial charge in [0.05, 0.1) is 17.8 Å². The van der Waals surface area contributed by atoms with E-state index in [1.807, 2.05) is 12.1 Å².